The molecular formula is C11H22ClNO2S. The summed E-state index contributed by atoms with van der Waals surface area (Å²) in [6, 6.07) is 0.135. The lowest BCUT2D eigenvalue weighted by Crippen LogP contribution is -2.38. The van der Waals surface area contributed by atoms with Gasteiger partial charge < -0.3 is 0 Å². The van der Waals surface area contributed by atoms with Crippen LogP contribution in [0.3, 0.4) is 0 Å². The monoisotopic (exact) mass is 267 g/mol. The van der Waals surface area contributed by atoms with Gasteiger partial charge in [0.1, 0.15) is 0 Å². The van der Waals surface area contributed by atoms with E-state index in [0.717, 1.165) is 19.3 Å². The second-order valence-electron chi connectivity index (χ2n) is 4.85. The first-order chi connectivity index (χ1) is 7.46. The molecule has 16 heavy (non-hydrogen) atoms. The zero-order chi connectivity index (χ0) is 12.2. The highest BCUT2D eigenvalue weighted by Gasteiger charge is 2.32. The van der Waals surface area contributed by atoms with Crippen molar-refractivity contribution < 1.29 is 8.42 Å². The Morgan fingerprint density at radius 2 is 1.94 bits per heavy atom. The van der Waals surface area contributed by atoms with Crippen molar-refractivity contribution in [3.63, 3.8) is 0 Å². The maximum atomic E-state index is 11.8. The number of alkyl halides is 1. The summed E-state index contributed by atoms with van der Waals surface area (Å²) in [4.78, 5) is 0. The molecule has 0 heterocycles. The Kier molecular flexibility index (Phi) is 5.54. The maximum Gasteiger partial charge on any atom is 0.211 e. The molecule has 1 aliphatic carbocycles. The van der Waals surface area contributed by atoms with Crippen molar-refractivity contribution in [3.8, 4) is 0 Å². The molecule has 3 nitrogen and oxygen atoms in total. The fraction of sp³-hybridized carbons (Fsp3) is 1.00. The van der Waals surface area contributed by atoms with E-state index in [1.165, 1.54) is 0 Å². The molecule has 96 valence electrons. The van der Waals surface area contributed by atoms with Crippen molar-refractivity contribution in [2.75, 3.05) is 11.6 Å². The average molecular weight is 268 g/mol. The molecule has 1 rings (SSSR count). The standard InChI is InChI=1S/C11H22ClNO2S/c1-9-5-6-11(10(9)2)13-16(14,15)8-4-3-7-12/h9-11,13H,3-8H2,1-2H3. The van der Waals surface area contributed by atoms with Crippen molar-refractivity contribution in [1.82, 2.24) is 4.72 Å². The van der Waals surface area contributed by atoms with Crippen LogP contribution in [0.5, 0.6) is 0 Å². The predicted molar refractivity (Wildman–Crippen MR) is 68.2 cm³/mol. The number of rotatable bonds is 6. The van der Waals surface area contributed by atoms with Gasteiger partial charge in [-0.05, 0) is 37.5 Å². The van der Waals surface area contributed by atoms with Gasteiger partial charge in [0.2, 0.25) is 10.0 Å². The van der Waals surface area contributed by atoms with Crippen LogP contribution in [0.1, 0.15) is 39.5 Å². The van der Waals surface area contributed by atoms with E-state index in [1.54, 1.807) is 0 Å². The highest BCUT2D eigenvalue weighted by molar-refractivity contribution is 7.89. The Hall–Kier alpha value is 0.200. The SMILES string of the molecule is CC1CCC(NS(=O)(=O)CCCCCl)C1C. The van der Waals surface area contributed by atoms with E-state index in [4.69, 9.17) is 11.6 Å². The summed E-state index contributed by atoms with van der Waals surface area (Å²) in [5.74, 6) is 1.81. The molecule has 0 spiro atoms. The molecule has 3 unspecified atom stereocenters. The molecule has 1 aliphatic rings. The van der Waals surface area contributed by atoms with Gasteiger partial charge in [-0.2, -0.15) is 0 Å². The third-order valence-electron chi connectivity index (χ3n) is 3.59. The number of hydrogen-bond acceptors (Lipinski definition) is 2. The van der Waals surface area contributed by atoms with Gasteiger partial charge in [-0.3, -0.25) is 0 Å². The minimum Gasteiger partial charge on any atom is -0.212 e. The summed E-state index contributed by atoms with van der Waals surface area (Å²) < 4.78 is 26.3. The van der Waals surface area contributed by atoms with Crippen LogP contribution in [0, 0.1) is 11.8 Å². The summed E-state index contributed by atoms with van der Waals surface area (Å²) in [5, 5.41) is 0. The summed E-state index contributed by atoms with van der Waals surface area (Å²) in [6.07, 6.45) is 3.50. The van der Waals surface area contributed by atoms with Gasteiger partial charge in [-0.25, -0.2) is 13.1 Å². The third-order valence-corrected chi connectivity index (χ3v) is 5.35. The van der Waals surface area contributed by atoms with E-state index in [-0.39, 0.29) is 11.8 Å². The Balaban J connectivity index is 2.41. The lowest BCUT2D eigenvalue weighted by molar-refractivity contribution is 0.402. The van der Waals surface area contributed by atoms with E-state index < -0.39 is 10.0 Å². The first kappa shape index (κ1) is 14.3. The molecule has 5 heteroatoms. The third kappa shape index (κ3) is 4.22. The fourth-order valence-electron chi connectivity index (χ4n) is 2.21. The second kappa shape index (κ2) is 6.22. The van der Waals surface area contributed by atoms with Gasteiger partial charge in [0.25, 0.3) is 0 Å². The topological polar surface area (TPSA) is 46.2 Å². The van der Waals surface area contributed by atoms with Gasteiger partial charge >= 0.3 is 0 Å². The van der Waals surface area contributed by atoms with E-state index >= 15 is 0 Å². The van der Waals surface area contributed by atoms with Crippen molar-refractivity contribution in [2.45, 2.75) is 45.6 Å². The van der Waals surface area contributed by atoms with Crippen molar-refractivity contribution in [1.29, 1.82) is 0 Å². The maximum absolute atomic E-state index is 11.8. The normalized spacial score (nSPS) is 30.8. The van der Waals surface area contributed by atoms with Gasteiger partial charge in [-0.15, -0.1) is 11.6 Å². The van der Waals surface area contributed by atoms with Gasteiger partial charge in [0.05, 0.1) is 5.75 Å². The Labute approximate surface area is 104 Å². The lowest BCUT2D eigenvalue weighted by atomic mass is 9.98. The highest BCUT2D eigenvalue weighted by atomic mass is 35.5. The Morgan fingerprint density at radius 3 is 2.44 bits per heavy atom. The van der Waals surface area contributed by atoms with Crippen molar-refractivity contribution in [2.24, 2.45) is 11.8 Å². The van der Waals surface area contributed by atoms with Gasteiger partial charge in [0, 0.05) is 11.9 Å². The molecule has 0 saturated heterocycles. The molecule has 0 aliphatic heterocycles. The van der Waals surface area contributed by atoms with Gasteiger partial charge in [0.15, 0.2) is 0 Å². The quantitative estimate of drug-likeness (QED) is 0.593. The van der Waals surface area contributed by atoms with E-state index in [1.807, 2.05) is 0 Å². The average Bonchev–Trinajstić information content (AvgIpc) is 2.49. The number of nitrogens with one attached hydrogen (secondary N) is 1. The molecule has 0 radical (unpaired) electrons. The first-order valence-corrected chi connectivity index (χ1v) is 8.21. The minimum absolute atomic E-state index is 0.135. The molecule has 3 atom stereocenters. The summed E-state index contributed by atoms with van der Waals surface area (Å²) >= 11 is 5.53. The van der Waals surface area contributed by atoms with Gasteiger partial charge in [-0.1, -0.05) is 13.8 Å². The molecule has 0 aromatic rings. The van der Waals surface area contributed by atoms with Crippen LogP contribution in [0.4, 0.5) is 0 Å². The highest BCUT2D eigenvalue weighted by Crippen LogP contribution is 2.31. The summed E-state index contributed by atoms with van der Waals surface area (Å²) in [7, 11) is -3.10. The molecule has 0 aromatic carbocycles. The fourth-order valence-corrected chi connectivity index (χ4v) is 3.89. The summed E-state index contributed by atoms with van der Waals surface area (Å²) in [6.45, 7) is 4.32. The molecule has 0 aromatic heterocycles. The van der Waals surface area contributed by atoms with Crippen LogP contribution in [0.25, 0.3) is 0 Å². The second-order valence-corrected chi connectivity index (χ2v) is 7.10. The zero-order valence-electron chi connectivity index (χ0n) is 10.1. The van der Waals surface area contributed by atoms with Crippen LogP contribution < -0.4 is 4.72 Å². The largest absolute Gasteiger partial charge is 0.212 e. The molecule has 1 fully saturated rings. The molecule has 1 N–H and O–H groups in total. The first-order valence-electron chi connectivity index (χ1n) is 6.02. The van der Waals surface area contributed by atoms with Crippen molar-refractivity contribution >= 4 is 21.6 Å². The Bertz CT molecular complexity index is 305. The van der Waals surface area contributed by atoms with Crippen LogP contribution in [0.15, 0.2) is 0 Å². The van der Waals surface area contributed by atoms with E-state index in [9.17, 15) is 8.42 Å². The van der Waals surface area contributed by atoms with Crippen molar-refractivity contribution in [3.05, 3.63) is 0 Å². The van der Waals surface area contributed by atoms with Crippen LogP contribution in [-0.4, -0.2) is 26.1 Å². The molecule has 0 amide bonds. The number of unbranched alkanes of at least 4 members (excludes halogenated alkanes) is 1. The number of sulfonamides is 1. The van der Waals surface area contributed by atoms with Crippen LogP contribution >= 0.6 is 11.6 Å². The minimum atomic E-state index is -3.10. The van der Waals surface area contributed by atoms with Crippen LogP contribution in [0.2, 0.25) is 0 Å². The molecule has 1 saturated carbocycles. The Morgan fingerprint density at radius 1 is 1.25 bits per heavy atom. The number of halogens is 1. The van der Waals surface area contributed by atoms with E-state index in [2.05, 4.69) is 18.6 Å². The lowest BCUT2D eigenvalue weighted by Gasteiger charge is -2.19. The molecular weight excluding hydrogens is 246 g/mol. The summed E-state index contributed by atoms with van der Waals surface area (Å²) in [5.41, 5.74) is 0. The number of hydrogen-bond donors (Lipinski definition) is 1. The van der Waals surface area contributed by atoms with E-state index in [0.29, 0.717) is 24.1 Å². The smallest absolute Gasteiger partial charge is 0.211 e. The predicted octanol–water partition coefficient (Wildman–Crippen LogP) is 2.36. The zero-order valence-corrected chi connectivity index (χ0v) is 11.6. The van der Waals surface area contributed by atoms with Crippen LogP contribution in [-0.2, 0) is 10.0 Å². The molecule has 0 bridgehead atoms.